The number of nitrogen functional groups attached to an aromatic ring is 1. The first kappa shape index (κ1) is 18.9. The van der Waals surface area contributed by atoms with Gasteiger partial charge in [-0.05, 0) is 61.2 Å². The Kier molecular flexibility index (Phi) is 6.09. The number of nitrogens with one attached hydrogen (secondary N) is 1. The molecule has 0 bridgehead atoms. The summed E-state index contributed by atoms with van der Waals surface area (Å²) in [6.07, 6.45) is 0.543. The normalized spacial score (nSPS) is 11.8. The van der Waals surface area contributed by atoms with Gasteiger partial charge in [-0.2, -0.15) is 12.6 Å². The molecule has 1 amide bonds. The van der Waals surface area contributed by atoms with Crippen molar-refractivity contribution in [1.29, 1.82) is 0 Å². The van der Waals surface area contributed by atoms with E-state index in [9.17, 15) is 9.59 Å². The summed E-state index contributed by atoms with van der Waals surface area (Å²) >= 11 is 4.31. The number of carbonyl (C=O) groups excluding carboxylic acids is 1. The highest BCUT2D eigenvalue weighted by Gasteiger charge is 2.19. The lowest BCUT2D eigenvalue weighted by Gasteiger charge is -2.18. The fourth-order valence-electron chi connectivity index (χ4n) is 2.60. The number of amides is 1. The van der Waals surface area contributed by atoms with E-state index in [2.05, 4.69) is 17.9 Å². The lowest BCUT2D eigenvalue weighted by molar-refractivity contribution is -0.119. The van der Waals surface area contributed by atoms with Crippen LogP contribution >= 0.6 is 12.6 Å². The second-order valence-corrected chi connectivity index (χ2v) is 6.39. The van der Waals surface area contributed by atoms with Crippen molar-refractivity contribution in [3.05, 3.63) is 58.7 Å². The van der Waals surface area contributed by atoms with Crippen molar-refractivity contribution >= 4 is 35.9 Å². The molecule has 0 aliphatic carbocycles. The van der Waals surface area contributed by atoms with Gasteiger partial charge >= 0.3 is 5.97 Å². The Labute approximate surface area is 152 Å². The number of carboxylic acid groups (broad SMARTS) is 1. The zero-order valence-corrected chi connectivity index (χ0v) is 15.1. The molecule has 0 aliphatic heterocycles. The van der Waals surface area contributed by atoms with Crippen LogP contribution < -0.4 is 11.1 Å². The second-order valence-electron chi connectivity index (χ2n) is 6.02. The van der Waals surface area contributed by atoms with E-state index in [1.54, 1.807) is 12.1 Å². The van der Waals surface area contributed by atoms with Gasteiger partial charge in [-0.3, -0.25) is 4.79 Å². The van der Waals surface area contributed by atoms with Gasteiger partial charge in [0.15, 0.2) is 0 Å². The number of benzene rings is 2. The lowest BCUT2D eigenvalue weighted by Crippen LogP contribution is -2.26. The number of anilines is 2. The average Bonchev–Trinajstić information content (AvgIpc) is 2.59. The summed E-state index contributed by atoms with van der Waals surface area (Å²) in [4.78, 5) is 23.6. The van der Waals surface area contributed by atoms with Crippen LogP contribution in [0.15, 0.2) is 36.4 Å². The Morgan fingerprint density at radius 3 is 2.56 bits per heavy atom. The number of hydrogen-bond acceptors (Lipinski definition) is 4. The van der Waals surface area contributed by atoms with Gasteiger partial charge in [-0.25, -0.2) is 4.79 Å². The number of aromatic carboxylic acids is 1. The largest absolute Gasteiger partial charge is 0.478 e. The summed E-state index contributed by atoms with van der Waals surface area (Å²) < 4.78 is 0. The minimum Gasteiger partial charge on any atom is -0.478 e. The molecule has 0 fully saturated rings. The average molecular weight is 358 g/mol. The van der Waals surface area contributed by atoms with Crippen molar-refractivity contribution < 1.29 is 14.7 Å². The first-order valence-corrected chi connectivity index (χ1v) is 8.56. The quantitative estimate of drug-likeness (QED) is 0.471. The molecule has 1 unspecified atom stereocenters. The van der Waals surface area contributed by atoms with Crippen LogP contribution in [0.4, 0.5) is 11.4 Å². The van der Waals surface area contributed by atoms with E-state index in [-0.39, 0.29) is 17.4 Å². The maximum absolute atomic E-state index is 12.6. The summed E-state index contributed by atoms with van der Waals surface area (Å²) in [7, 11) is 0. The third-order valence-electron chi connectivity index (χ3n) is 4.38. The maximum atomic E-state index is 12.6. The maximum Gasteiger partial charge on any atom is 0.335 e. The Morgan fingerprint density at radius 2 is 1.92 bits per heavy atom. The summed E-state index contributed by atoms with van der Waals surface area (Å²) in [6, 6.07) is 9.97. The molecule has 2 rings (SSSR count). The van der Waals surface area contributed by atoms with E-state index in [0.29, 0.717) is 17.9 Å². The molecule has 0 aromatic heterocycles. The molecular weight excluding hydrogens is 336 g/mol. The lowest BCUT2D eigenvalue weighted by atomic mass is 9.93. The molecule has 132 valence electrons. The molecule has 0 saturated heterocycles. The molecular formula is C19H22N2O3S. The number of rotatable bonds is 6. The van der Waals surface area contributed by atoms with Crippen molar-refractivity contribution in [2.45, 2.75) is 20.3 Å². The van der Waals surface area contributed by atoms with Gasteiger partial charge in [0.25, 0.3) is 0 Å². The molecule has 2 aromatic rings. The predicted octanol–water partition coefficient (Wildman–Crippen LogP) is 3.31. The minimum atomic E-state index is -1.03. The molecule has 0 saturated carbocycles. The molecule has 0 spiro atoms. The van der Waals surface area contributed by atoms with Crippen molar-refractivity contribution in [2.24, 2.45) is 5.92 Å². The fourth-order valence-corrected chi connectivity index (χ4v) is 2.89. The van der Waals surface area contributed by atoms with Gasteiger partial charge in [0.1, 0.15) is 0 Å². The number of nitrogens with two attached hydrogens (primary N) is 1. The van der Waals surface area contributed by atoms with Crippen molar-refractivity contribution in [1.82, 2.24) is 0 Å². The second kappa shape index (κ2) is 8.07. The van der Waals surface area contributed by atoms with Crippen LogP contribution in [0.3, 0.4) is 0 Å². The van der Waals surface area contributed by atoms with Crippen molar-refractivity contribution in [3.63, 3.8) is 0 Å². The number of thiol groups is 1. The van der Waals surface area contributed by atoms with Crippen LogP contribution in [0.2, 0.25) is 0 Å². The Hall–Kier alpha value is -2.47. The standard InChI is InChI=1S/C19H22N2O3S/c1-11-12(2)17(20)7-6-13(11)8-15(10-25)18(22)21-16-5-3-4-14(9-16)19(23)24/h3-7,9,15,25H,8,10,20H2,1-2H3,(H,21,22)(H,23,24). The van der Waals surface area contributed by atoms with Crippen LogP contribution in [-0.2, 0) is 11.2 Å². The third kappa shape index (κ3) is 4.54. The summed E-state index contributed by atoms with van der Waals surface area (Å²) in [6.45, 7) is 3.95. The van der Waals surface area contributed by atoms with E-state index in [4.69, 9.17) is 10.8 Å². The van der Waals surface area contributed by atoms with Gasteiger partial charge in [0.2, 0.25) is 5.91 Å². The number of carbonyl (C=O) groups is 2. The molecule has 0 radical (unpaired) electrons. The molecule has 1 atom stereocenters. The topological polar surface area (TPSA) is 92.4 Å². The molecule has 0 aliphatic rings. The monoisotopic (exact) mass is 358 g/mol. The summed E-state index contributed by atoms with van der Waals surface area (Å²) in [5.74, 6) is -1.17. The molecule has 5 nitrogen and oxygen atoms in total. The summed E-state index contributed by atoms with van der Waals surface area (Å²) in [5.41, 5.74) is 10.4. The van der Waals surface area contributed by atoms with Gasteiger partial charge in [-0.1, -0.05) is 12.1 Å². The highest BCUT2D eigenvalue weighted by Crippen LogP contribution is 2.23. The van der Waals surface area contributed by atoms with Crippen LogP contribution in [0, 0.1) is 19.8 Å². The number of hydrogen-bond donors (Lipinski definition) is 4. The van der Waals surface area contributed by atoms with Crippen molar-refractivity contribution in [2.75, 3.05) is 16.8 Å². The van der Waals surface area contributed by atoms with E-state index in [1.807, 2.05) is 26.0 Å². The van der Waals surface area contributed by atoms with Crippen molar-refractivity contribution in [3.8, 4) is 0 Å². The smallest absolute Gasteiger partial charge is 0.335 e. The Morgan fingerprint density at radius 1 is 1.20 bits per heavy atom. The molecule has 4 N–H and O–H groups in total. The Balaban J connectivity index is 2.15. The molecule has 2 aromatic carbocycles. The van der Waals surface area contributed by atoms with E-state index < -0.39 is 5.97 Å². The van der Waals surface area contributed by atoms with Crippen LogP contribution in [0.25, 0.3) is 0 Å². The highest BCUT2D eigenvalue weighted by atomic mass is 32.1. The minimum absolute atomic E-state index is 0.130. The van der Waals surface area contributed by atoms with E-state index >= 15 is 0 Å². The third-order valence-corrected chi connectivity index (χ3v) is 4.82. The molecule has 25 heavy (non-hydrogen) atoms. The van der Waals surface area contributed by atoms with Crippen LogP contribution in [0.1, 0.15) is 27.0 Å². The highest BCUT2D eigenvalue weighted by molar-refractivity contribution is 7.80. The zero-order chi connectivity index (χ0) is 18.6. The van der Waals surface area contributed by atoms with E-state index in [1.165, 1.54) is 12.1 Å². The van der Waals surface area contributed by atoms with Crippen LogP contribution in [-0.4, -0.2) is 22.7 Å². The van der Waals surface area contributed by atoms with Gasteiger partial charge in [0, 0.05) is 17.1 Å². The van der Waals surface area contributed by atoms with E-state index in [0.717, 1.165) is 22.4 Å². The Bertz CT molecular complexity index is 805. The first-order chi connectivity index (χ1) is 11.8. The fraction of sp³-hybridized carbons (Fsp3) is 0.263. The van der Waals surface area contributed by atoms with Gasteiger partial charge < -0.3 is 16.2 Å². The SMILES string of the molecule is Cc1c(N)ccc(CC(CS)C(=O)Nc2cccc(C(=O)O)c2)c1C. The first-order valence-electron chi connectivity index (χ1n) is 7.93. The van der Waals surface area contributed by atoms with Gasteiger partial charge in [0.05, 0.1) is 11.5 Å². The predicted molar refractivity (Wildman–Crippen MR) is 103 cm³/mol. The summed E-state index contributed by atoms with van der Waals surface area (Å²) in [5, 5.41) is 11.8. The number of carboxylic acids is 1. The molecule has 0 heterocycles. The zero-order valence-electron chi connectivity index (χ0n) is 14.2. The van der Waals surface area contributed by atoms with Gasteiger partial charge in [-0.15, -0.1) is 0 Å². The molecule has 6 heteroatoms. The van der Waals surface area contributed by atoms with Crippen LogP contribution in [0.5, 0.6) is 0 Å².